The molecule has 1 fully saturated rings. The Hall–Kier alpha value is -1.02. The highest BCUT2D eigenvalue weighted by Gasteiger charge is 2.23. The van der Waals surface area contributed by atoms with E-state index < -0.39 is 0 Å². The number of aryl methyl sites for hydroxylation is 1. The molecule has 0 amide bonds. The summed E-state index contributed by atoms with van der Waals surface area (Å²) in [5.74, 6) is 0.814. The van der Waals surface area contributed by atoms with Crippen LogP contribution in [0.1, 0.15) is 51.7 Å². The van der Waals surface area contributed by atoms with E-state index in [1.165, 1.54) is 36.2 Å². The van der Waals surface area contributed by atoms with Crippen LogP contribution in [0.3, 0.4) is 0 Å². The number of nitrogens with zero attached hydrogens (tertiary/aromatic N) is 1. The third-order valence-electron chi connectivity index (χ3n) is 4.48. The Bertz CT molecular complexity index is 439. The molecule has 0 aliphatic carbocycles. The lowest BCUT2D eigenvalue weighted by Gasteiger charge is -2.39. The third-order valence-corrected chi connectivity index (χ3v) is 4.48. The van der Waals surface area contributed by atoms with Crippen LogP contribution < -0.4 is 10.2 Å². The van der Waals surface area contributed by atoms with Crippen molar-refractivity contribution in [3.05, 3.63) is 29.3 Å². The molecule has 1 saturated heterocycles. The first-order valence-corrected chi connectivity index (χ1v) is 8.07. The van der Waals surface area contributed by atoms with Gasteiger partial charge in [0.15, 0.2) is 0 Å². The minimum Gasteiger partial charge on any atom is -0.369 e. The van der Waals surface area contributed by atoms with Gasteiger partial charge in [-0.1, -0.05) is 26.8 Å². The SMILES string of the molecule is Cc1cc(N2CC(C)CCC2C)ccc1CNC(C)C. The number of nitrogens with one attached hydrogen (secondary N) is 1. The minimum absolute atomic E-state index is 0.539. The summed E-state index contributed by atoms with van der Waals surface area (Å²) in [6.07, 6.45) is 2.68. The van der Waals surface area contributed by atoms with Crippen LogP contribution in [-0.4, -0.2) is 18.6 Å². The lowest BCUT2D eigenvalue weighted by atomic mass is 9.94. The summed E-state index contributed by atoms with van der Waals surface area (Å²) >= 11 is 0. The van der Waals surface area contributed by atoms with Gasteiger partial charge in [0, 0.05) is 30.9 Å². The second-order valence-corrected chi connectivity index (χ2v) is 6.83. The molecule has 0 saturated carbocycles. The topological polar surface area (TPSA) is 15.3 Å². The van der Waals surface area contributed by atoms with Gasteiger partial charge >= 0.3 is 0 Å². The highest BCUT2D eigenvalue weighted by molar-refractivity contribution is 5.52. The van der Waals surface area contributed by atoms with Crippen molar-refractivity contribution in [3.63, 3.8) is 0 Å². The van der Waals surface area contributed by atoms with Gasteiger partial charge in [0.1, 0.15) is 0 Å². The van der Waals surface area contributed by atoms with Gasteiger partial charge < -0.3 is 10.2 Å². The molecule has 1 aliphatic rings. The first-order valence-electron chi connectivity index (χ1n) is 8.07. The zero-order chi connectivity index (χ0) is 14.7. The molecular formula is C18H30N2. The zero-order valence-electron chi connectivity index (χ0n) is 13.7. The molecule has 0 spiro atoms. The number of piperidine rings is 1. The van der Waals surface area contributed by atoms with Crippen molar-refractivity contribution in [2.75, 3.05) is 11.4 Å². The smallest absolute Gasteiger partial charge is 0.0371 e. The van der Waals surface area contributed by atoms with E-state index in [0.717, 1.165) is 12.5 Å². The monoisotopic (exact) mass is 274 g/mol. The molecular weight excluding hydrogens is 244 g/mol. The van der Waals surface area contributed by atoms with Crippen molar-refractivity contribution in [2.45, 2.75) is 66.1 Å². The van der Waals surface area contributed by atoms with E-state index in [4.69, 9.17) is 0 Å². The molecule has 2 nitrogen and oxygen atoms in total. The summed E-state index contributed by atoms with van der Waals surface area (Å²) in [7, 11) is 0. The average molecular weight is 274 g/mol. The highest BCUT2D eigenvalue weighted by Crippen LogP contribution is 2.28. The highest BCUT2D eigenvalue weighted by atomic mass is 15.2. The van der Waals surface area contributed by atoms with Crippen molar-refractivity contribution in [1.29, 1.82) is 0 Å². The molecule has 2 unspecified atom stereocenters. The van der Waals surface area contributed by atoms with Crippen LogP contribution in [-0.2, 0) is 6.54 Å². The largest absolute Gasteiger partial charge is 0.369 e. The molecule has 20 heavy (non-hydrogen) atoms. The Balaban J connectivity index is 2.11. The molecule has 112 valence electrons. The van der Waals surface area contributed by atoms with Crippen LogP contribution in [0, 0.1) is 12.8 Å². The summed E-state index contributed by atoms with van der Waals surface area (Å²) in [4.78, 5) is 2.58. The van der Waals surface area contributed by atoms with Gasteiger partial charge in [-0.25, -0.2) is 0 Å². The maximum absolute atomic E-state index is 3.50. The van der Waals surface area contributed by atoms with E-state index in [2.05, 4.69) is 63.0 Å². The Kier molecular flexibility index (Phi) is 5.09. The van der Waals surface area contributed by atoms with Crippen LogP contribution in [0.25, 0.3) is 0 Å². The Morgan fingerprint density at radius 3 is 2.65 bits per heavy atom. The Labute approximate surface area is 124 Å². The van der Waals surface area contributed by atoms with Gasteiger partial charge in [-0.05, 0) is 55.9 Å². The molecule has 1 aromatic carbocycles. The van der Waals surface area contributed by atoms with Crippen molar-refractivity contribution in [3.8, 4) is 0 Å². The molecule has 0 bridgehead atoms. The normalized spacial score (nSPS) is 23.4. The maximum atomic E-state index is 3.50. The van der Waals surface area contributed by atoms with Gasteiger partial charge in [0.2, 0.25) is 0 Å². The molecule has 1 aliphatic heterocycles. The maximum Gasteiger partial charge on any atom is 0.0371 e. The molecule has 0 aromatic heterocycles. The van der Waals surface area contributed by atoms with Gasteiger partial charge in [-0.2, -0.15) is 0 Å². The standard InChI is InChI=1S/C18H30N2/c1-13(2)19-11-17-8-9-18(10-15(17)4)20-12-14(3)6-7-16(20)5/h8-10,13-14,16,19H,6-7,11-12H2,1-5H3. The van der Waals surface area contributed by atoms with E-state index in [9.17, 15) is 0 Å². The fourth-order valence-electron chi connectivity index (χ4n) is 3.02. The van der Waals surface area contributed by atoms with E-state index in [1.807, 2.05) is 0 Å². The van der Waals surface area contributed by atoms with E-state index in [1.54, 1.807) is 0 Å². The predicted molar refractivity (Wildman–Crippen MR) is 88.4 cm³/mol. The fourth-order valence-corrected chi connectivity index (χ4v) is 3.02. The van der Waals surface area contributed by atoms with Gasteiger partial charge in [0.25, 0.3) is 0 Å². The molecule has 1 heterocycles. The first-order chi connectivity index (χ1) is 9.47. The molecule has 1 N–H and O–H groups in total. The molecule has 2 rings (SSSR count). The van der Waals surface area contributed by atoms with Gasteiger partial charge in [0.05, 0.1) is 0 Å². The van der Waals surface area contributed by atoms with Crippen molar-refractivity contribution >= 4 is 5.69 Å². The first kappa shape index (κ1) is 15.4. The number of anilines is 1. The molecule has 2 atom stereocenters. The summed E-state index contributed by atoms with van der Waals surface area (Å²) in [6, 6.07) is 8.18. The van der Waals surface area contributed by atoms with Gasteiger partial charge in [-0.15, -0.1) is 0 Å². The lowest BCUT2D eigenvalue weighted by Crippen LogP contribution is -2.41. The summed E-state index contributed by atoms with van der Waals surface area (Å²) in [6.45, 7) is 13.5. The van der Waals surface area contributed by atoms with E-state index >= 15 is 0 Å². The van der Waals surface area contributed by atoms with E-state index in [-0.39, 0.29) is 0 Å². The van der Waals surface area contributed by atoms with Crippen molar-refractivity contribution in [1.82, 2.24) is 5.32 Å². The summed E-state index contributed by atoms with van der Waals surface area (Å²) in [5.41, 5.74) is 4.22. The fraction of sp³-hybridized carbons (Fsp3) is 0.667. The number of hydrogen-bond donors (Lipinski definition) is 1. The second-order valence-electron chi connectivity index (χ2n) is 6.83. The third kappa shape index (κ3) is 3.76. The predicted octanol–water partition coefficient (Wildman–Crippen LogP) is 4.12. The number of hydrogen-bond acceptors (Lipinski definition) is 2. The van der Waals surface area contributed by atoms with Crippen LogP contribution >= 0.6 is 0 Å². The summed E-state index contributed by atoms with van der Waals surface area (Å²) in [5, 5.41) is 3.50. The van der Waals surface area contributed by atoms with Crippen LogP contribution in [0.5, 0.6) is 0 Å². The second kappa shape index (κ2) is 6.62. The van der Waals surface area contributed by atoms with Crippen molar-refractivity contribution in [2.24, 2.45) is 5.92 Å². The lowest BCUT2D eigenvalue weighted by molar-refractivity contribution is 0.390. The molecule has 0 radical (unpaired) electrons. The number of benzene rings is 1. The quantitative estimate of drug-likeness (QED) is 0.888. The van der Waals surface area contributed by atoms with Crippen LogP contribution in [0.4, 0.5) is 5.69 Å². The van der Waals surface area contributed by atoms with Crippen LogP contribution in [0.2, 0.25) is 0 Å². The number of rotatable bonds is 4. The van der Waals surface area contributed by atoms with Gasteiger partial charge in [-0.3, -0.25) is 0 Å². The van der Waals surface area contributed by atoms with Crippen LogP contribution in [0.15, 0.2) is 18.2 Å². The Morgan fingerprint density at radius 1 is 1.25 bits per heavy atom. The van der Waals surface area contributed by atoms with E-state index in [0.29, 0.717) is 12.1 Å². The zero-order valence-corrected chi connectivity index (χ0v) is 13.7. The molecule has 1 aromatic rings. The molecule has 2 heteroatoms. The Morgan fingerprint density at radius 2 is 2.00 bits per heavy atom. The minimum atomic E-state index is 0.539. The average Bonchev–Trinajstić information content (AvgIpc) is 2.40. The summed E-state index contributed by atoms with van der Waals surface area (Å²) < 4.78 is 0. The van der Waals surface area contributed by atoms with Crippen molar-refractivity contribution < 1.29 is 0 Å².